The van der Waals surface area contributed by atoms with Gasteiger partial charge in [-0.1, -0.05) is 31.5 Å². The van der Waals surface area contributed by atoms with Gasteiger partial charge in [-0.25, -0.2) is 21.7 Å². The van der Waals surface area contributed by atoms with E-state index >= 15 is 0 Å². The molecule has 0 radical (unpaired) electrons. The average molecular weight is 349 g/mol. The van der Waals surface area contributed by atoms with Crippen molar-refractivity contribution in [2.24, 2.45) is 0 Å². The molecule has 0 aliphatic carbocycles. The summed E-state index contributed by atoms with van der Waals surface area (Å²) in [4.78, 5) is -0.0630. The summed E-state index contributed by atoms with van der Waals surface area (Å²) < 4.78 is 53.6. The lowest BCUT2D eigenvalue weighted by atomic mass is 10.2. The Morgan fingerprint density at radius 3 is 2.23 bits per heavy atom. The van der Waals surface area contributed by atoms with Crippen LogP contribution in [0.4, 0.5) is 4.39 Å². The van der Waals surface area contributed by atoms with Gasteiger partial charge in [-0.15, -0.1) is 0 Å². The van der Waals surface area contributed by atoms with E-state index in [1.807, 2.05) is 6.92 Å². The molecule has 1 aromatic rings. The fraction of sp³-hybridized carbons (Fsp3) is 0.600. The van der Waals surface area contributed by atoms with E-state index in [9.17, 15) is 17.0 Å². The van der Waals surface area contributed by atoms with Crippen molar-refractivity contribution in [3.05, 3.63) is 30.3 Å². The molecular formula is C15H24FNO3S2. The van der Waals surface area contributed by atoms with Crippen LogP contribution in [0.15, 0.2) is 35.2 Å². The minimum absolute atomic E-state index is 0.0630. The third-order valence-corrected chi connectivity index (χ3v) is 6.58. The molecule has 0 saturated carbocycles. The Bertz CT molecular complexity index is 597. The number of sulfone groups is 1. The normalized spacial score (nSPS) is 17.0. The van der Waals surface area contributed by atoms with Crippen LogP contribution < -0.4 is 4.72 Å². The number of halogens is 1. The number of hydrogen-bond acceptors (Lipinski definition) is 3. The summed E-state index contributed by atoms with van der Waals surface area (Å²) in [5.74, 6) is 0. The smallest absolute Gasteiger partial charge is 0.221 e. The maximum absolute atomic E-state index is 14.7. The van der Waals surface area contributed by atoms with Crippen molar-refractivity contribution in [3.63, 3.8) is 0 Å². The van der Waals surface area contributed by atoms with Crippen molar-refractivity contribution < 1.29 is 17.0 Å². The highest BCUT2D eigenvalue weighted by atomic mass is 32.2. The number of rotatable bonds is 7. The fourth-order valence-electron chi connectivity index (χ4n) is 1.83. The lowest BCUT2D eigenvalue weighted by molar-refractivity contribution is 0.335. The van der Waals surface area contributed by atoms with Gasteiger partial charge in [0.05, 0.1) is 26.7 Å². The first-order valence-electron chi connectivity index (χ1n) is 7.21. The Kier molecular flexibility index (Phi) is 6.70. The molecule has 7 heteroatoms. The van der Waals surface area contributed by atoms with Gasteiger partial charge in [0.2, 0.25) is 15.3 Å². The van der Waals surface area contributed by atoms with Crippen LogP contribution in [0.1, 0.15) is 40.5 Å². The molecular weight excluding hydrogens is 325 g/mol. The molecule has 0 bridgehead atoms. The summed E-state index contributed by atoms with van der Waals surface area (Å²) in [5.41, 5.74) is -2.14. The molecule has 0 amide bonds. The fourth-order valence-corrected chi connectivity index (χ4v) is 4.21. The van der Waals surface area contributed by atoms with Gasteiger partial charge in [-0.3, -0.25) is 0 Å². The summed E-state index contributed by atoms with van der Waals surface area (Å²) in [6.07, 6.45) is 0.874. The van der Waals surface area contributed by atoms with E-state index in [-0.39, 0.29) is 11.3 Å². The monoisotopic (exact) mass is 349 g/mol. The van der Waals surface area contributed by atoms with Gasteiger partial charge in [0.1, 0.15) is 0 Å². The Balaban J connectivity index is 3.03. The highest BCUT2D eigenvalue weighted by Crippen LogP contribution is 2.23. The van der Waals surface area contributed by atoms with Gasteiger partial charge < -0.3 is 0 Å². The third kappa shape index (κ3) is 4.86. The summed E-state index contributed by atoms with van der Waals surface area (Å²) in [7, 11) is -5.65. The van der Waals surface area contributed by atoms with Crippen LogP contribution in [0.5, 0.6) is 0 Å². The van der Waals surface area contributed by atoms with Crippen LogP contribution in [0.2, 0.25) is 0 Å². The van der Waals surface area contributed by atoms with Crippen LogP contribution in [-0.2, 0) is 20.8 Å². The van der Waals surface area contributed by atoms with Crippen molar-refractivity contribution in [1.29, 1.82) is 0 Å². The zero-order valence-electron chi connectivity index (χ0n) is 13.4. The minimum atomic E-state index is -4.12. The highest BCUT2D eigenvalue weighted by Gasteiger charge is 2.36. The van der Waals surface area contributed by atoms with Crippen molar-refractivity contribution in [3.8, 4) is 0 Å². The first kappa shape index (κ1) is 19.3. The van der Waals surface area contributed by atoms with Gasteiger partial charge in [0.15, 0.2) is 0 Å². The van der Waals surface area contributed by atoms with E-state index in [1.54, 1.807) is 39.0 Å². The van der Waals surface area contributed by atoms with E-state index < -0.39 is 37.1 Å². The molecule has 22 heavy (non-hydrogen) atoms. The lowest BCUT2D eigenvalue weighted by Gasteiger charge is -2.26. The third-order valence-electron chi connectivity index (χ3n) is 3.10. The predicted molar refractivity (Wildman–Crippen MR) is 88.3 cm³/mol. The number of alkyl halides is 1. The van der Waals surface area contributed by atoms with Crippen LogP contribution in [0.3, 0.4) is 0 Å². The predicted octanol–water partition coefficient (Wildman–Crippen LogP) is 2.98. The van der Waals surface area contributed by atoms with Gasteiger partial charge in [0.25, 0.3) is 0 Å². The molecule has 0 spiro atoms. The zero-order chi connectivity index (χ0) is 17.0. The molecule has 0 aromatic heterocycles. The van der Waals surface area contributed by atoms with Crippen LogP contribution in [0.25, 0.3) is 0 Å². The van der Waals surface area contributed by atoms with Crippen LogP contribution >= 0.6 is 0 Å². The lowest BCUT2D eigenvalue weighted by Crippen LogP contribution is -2.46. The minimum Gasteiger partial charge on any atom is -0.242 e. The Morgan fingerprint density at radius 1 is 1.23 bits per heavy atom. The molecule has 1 rings (SSSR count). The average Bonchev–Trinajstić information content (AvgIpc) is 2.45. The largest absolute Gasteiger partial charge is 0.242 e. The summed E-state index contributed by atoms with van der Waals surface area (Å²) in [6.45, 7) is 7.07. The second-order valence-electron chi connectivity index (χ2n) is 6.10. The molecule has 126 valence electrons. The quantitative estimate of drug-likeness (QED) is 0.823. The summed E-state index contributed by atoms with van der Waals surface area (Å²) in [5, 5.41) is 0. The molecule has 4 nitrogen and oxygen atoms in total. The highest BCUT2D eigenvalue weighted by molar-refractivity contribution is 7.92. The van der Waals surface area contributed by atoms with Crippen molar-refractivity contribution in [1.82, 2.24) is 4.72 Å². The number of nitrogens with one attached hydrogen (secondary N) is 1. The molecule has 0 aliphatic heterocycles. The first-order chi connectivity index (χ1) is 10.1. The standard InChI is InChI=1S/C15H24FNO3S2/c1-5-9-13(17-21(18)15(2,3)4)14(16)22(19,20)12-10-7-6-8-11-12/h6-8,10-11,13-14,17H,5,9H2,1-4H3/t13-,14?,21+/m0/s1. The van der Waals surface area contributed by atoms with Crippen LogP contribution in [-0.4, -0.2) is 28.9 Å². The van der Waals surface area contributed by atoms with E-state index in [2.05, 4.69) is 4.72 Å². The van der Waals surface area contributed by atoms with E-state index in [0.29, 0.717) is 6.42 Å². The van der Waals surface area contributed by atoms with Gasteiger partial charge in [-0.2, -0.15) is 0 Å². The Morgan fingerprint density at radius 2 is 1.77 bits per heavy atom. The SMILES string of the molecule is CCC[C@H](N[S@](=O)C(C)(C)C)C(F)S(=O)(=O)c1ccccc1. The van der Waals surface area contributed by atoms with Gasteiger partial charge in [-0.05, 0) is 39.3 Å². The van der Waals surface area contributed by atoms with Crippen molar-refractivity contribution in [2.45, 2.75) is 61.7 Å². The topological polar surface area (TPSA) is 63.2 Å². The Labute approximate surface area is 135 Å². The molecule has 1 N–H and O–H groups in total. The summed E-state index contributed by atoms with van der Waals surface area (Å²) >= 11 is 0. The van der Waals surface area contributed by atoms with E-state index in [0.717, 1.165) is 0 Å². The number of benzene rings is 1. The number of hydrogen-bond donors (Lipinski definition) is 1. The maximum Gasteiger partial charge on any atom is 0.221 e. The molecule has 0 saturated heterocycles. The second kappa shape index (κ2) is 7.66. The van der Waals surface area contributed by atoms with Crippen LogP contribution in [0, 0.1) is 0 Å². The summed E-state index contributed by atoms with van der Waals surface area (Å²) in [6, 6.07) is 6.50. The van der Waals surface area contributed by atoms with E-state index in [4.69, 9.17) is 0 Å². The van der Waals surface area contributed by atoms with Gasteiger partial charge in [0, 0.05) is 0 Å². The zero-order valence-corrected chi connectivity index (χ0v) is 15.0. The molecule has 0 fully saturated rings. The Hall–Kier alpha value is -0.790. The molecule has 1 aromatic carbocycles. The van der Waals surface area contributed by atoms with E-state index in [1.165, 1.54) is 12.1 Å². The second-order valence-corrected chi connectivity index (χ2v) is 10.1. The van der Waals surface area contributed by atoms with Gasteiger partial charge >= 0.3 is 0 Å². The molecule has 0 aliphatic rings. The van der Waals surface area contributed by atoms with Crippen molar-refractivity contribution in [2.75, 3.05) is 0 Å². The molecule has 1 unspecified atom stereocenters. The maximum atomic E-state index is 14.7. The molecule has 0 heterocycles. The first-order valence-corrected chi connectivity index (χ1v) is 9.91. The van der Waals surface area contributed by atoms with Crippen molar-refractivity contribution >= 4 is 20.8 Å². The molecule has 3 atom stereocenters.